The molecular weight excluding hydrogens is 168 g/mol. The molecule has 0 aliphatic heterocycles. The van der Waals surface area contributed by atoms with Gasteiger partial charge in [0.05, 0.1) is 5.60 Å². The third-order valence-corrected chi connectivity index (χ3v) is 3.56. The van der Waals surface area contributed by atoms with Crippen LogP contribution in [0.4, 0.5) is 0 Å². The van der Waals surface area contributed by atoms with Crippen molar-refractivity contribution in [2.45, 2.75) is 38.2 Å². The highest BCUT2D eigenvalue weighted by Crippen LogP contribution is 2.39. The third kappa shape index (κ3) is 1.87. The number of aliphatic hydroxyl groups is 1. The summed E-state index contributed by atoms with van der Waals surface area (Å²) in [6, 6.07) is 2.22. The van der Waals surface area contributed by atoms with Crippen LogP contribution in [0.5, 0.6) is 0 Å². The summed E-state index contributed by atoms with van der Waals surface area (Å²) in [5.74, 6) is 0. The number of aryl methyl sites for hydroxylation is 2. The van der Waals surface area contributed by atoms with Crippen LogP contribution in [0.2, 0.25) is 0 Å². The summed E-state index contributed by atoms with van der Waals surface area (Å²) in [5, 5.41) is 11.8. The van der Waals surface area contributed by atoms with E-state index >= 15 is 0 Å². The van der Waals surface area contributed by atoms with Crippen molar-refractivity contribution < 1.29 is 5.11 Å². The first kappa shape index (κ1) is 8.27. The molecular formula is C10H14OS. The molecule has 66 valence electrons. The maximum absolute atomic E-state index is 9.60. The van der Waals surface area contributed by atoms with Gasteiger partial charge in [-0.1, -0.05) is 0 Å². The van der Waals surface area contributed by atoms with E-state index < -0.39 is 0 Å². The van der Waals surface area contributed by atoms with Crippen molar-refractivity contribution in [2.75, 3.05) is 0 Å². The van der Waals surface area contributed by atoms with E-state index in [9.17, 15) is 5.11 Å². The van der Waals surface area contributed by atoms with Crippen LogP contribution in [-0.2, 0) is 6.42 Å². The number of thiophene rings is 1. The van der Waals surface area contributed by atoms with E-state index in [-0.39, 0.29) is 5.60 Å². The van der Waals surface area contributed by atoms with Gasteiger partial charge in [0.1, 0.15) is 0 Å². The normalized spacial score (nSPS) is 19.5. The van der Waals surface area contributed by atoms with Crippen LogP contribution in [-0.4, -0.2) is 10.7 Å². The highest BCUT2D eigenvalue weighted by molar-refractivity contribution is 7.10. The molecule has 2 heteroatoms. The van der Waals surface area contributed by atoms with Crippen LogP contribution < -0.4 is 0 Å². The van der Waals surface area contributed by atoms with Crippen molar-refractivity contribution in [3.63, 3.8) is 0 Å². The molecule has 0 aromatic carbocycles. The van der Waals surface area contributed by atoms with Crippen LogP contribution >= 0.6 is 11.3 Å². The van der Waals surface area contributed by atoms with Gasteiger partial charge in [-0.3, -0.25) is 0 Å². The molecule has 1 fully saturated rings. The van der Waals surface area contributed by atoms with Gasteiger partial charge in [-0.05, 0) is 49.6 Å². The standard InChI is InChI=1S/C10H14OS/c1-8-6-9(12-7-8)2-3-10(11)4-5-10/h6-7,11H,2-5H2,1H3. The van der Waals surface area contributed by atoms with E-state index in [1.54, 1.807) is 11.3 Å². The lowest BCUT2D eigenvalue weighted by atomic mass is 10.1. The summed E-state index contributed by atoms with van der Waals surface area (Å²) >= 11 is 1.81. The highest BCUT2D eigenvalue weighted by atomic mass is 32.1. The van der Waals surface area contributed by atoms with Crippen LogP contribution in [0, 0.1) is 6.92 Å². The number of hydrogen-bond donors (Lipinski definition) is 1. The lowest BCUT2D eigenvalue weighted by Gasteiger charge is -2.04. The molecule has 0 amide bonds. The number of hydrogen-bond acceptors (Lipinski definition) is 2. The van der Waals surface area contributed by atoms with Gasteiger partial charge in [0.15, 0.2) is 0 Å². The second-order valence-electron chi connectivity index (χ2n) is 3.81. The van der Waals surface area contributed by atoms with Crippen LogP contribution in [0.25, 0.3) is 0 Å². The molecule has 0 bridgehead atoms. The minimum Gasteiger partial charge on any atom is -0.390 e. The van der Waals surface area contributed by atoms with Crippen LogP contribution in [0.15, 0.2) is 11.4 Å². The van der Waals surface area contributed by atoms with E-state index in [4.69, 9.17) is 0 Å². The lowest BCUT2D eigenvalue weighted by Crippen LogP contribution is -2.06. The Balaban J connectivity index is 1.87. The van der Waals surface area contributed by atoms with E-state index in [0.717, 1.165) is 25.7 Å². The zero-order valence-corrected chi connectivity index (χ0v) is 8.16. The van der Waals surface area contributed by atoms with Crippen molar-refractivity contribution in [2.24, 2.45) is 0 Å². The lowest BCUT2D eigenvalue weighted by molar-refractivity contribution is 0.141. The Morgan fingerprint density at radius 3 is 2.83 bits per heavy atom. The molecule has 1 aliphatic carbocycles. The minimum absolute atomic E-state index is 0.280. The molecule has 1 saturated carbocycles. The predicted octanol–water partition coefficient (Wildman–Crippen LogP) is 2.51. The number of rotatable bonds is 3. The topological polar surface area (TPSA) is 20.2 Å². The van der Waals surface area contributed by atoms with Gasteiger partial charge >= 0.3 is 0 Å². The molecule has 0 saturated heterocycles. The molecule has 1 heterocycles. The Kier molecular flexibility index (Phi) is 1.97. The maximum atomic E-state index is 9.60. The highest BCUT2D eigenvalue weighted by Gasteiger charge is 2.39. The second kappa shape index (κ2) is 2.86. The summed E-state index contributed by atoms with van der Waals surface area (Å²) in [5.41, 5.74) is 1.07. The zero-order valence-electron chi connectivity index (χ0n) is 7.34. The molecule has 0 radical (unpaired) electrons. The van der Waals surface area contributed by atoms with Crippen molar-refractivity contribution in [1.82, 2.24) is 0 Å². The first-order valence-corrected chi connectivity index (χ1v) is 5.32. The molecule has 1 nitrogen and oxygen atoms in total. The minimum atomic E-state index is -0.280. The fourth-order valence-corrected chi connectivity index (χ4v) is 2.25. The Bertz CT molecular complexity index is 273. The third-order valence-electron chi connectivity index (χ3n) is 2.45. The molecule has 1 aliphatic rings. The summed E-state index contributed by atoms with van der Waals surface area (Å²) in [7, 11) is 0. The maximum Gasteiger partial charge on any atom is 0.0653 e. The van der Waals surface area contributed by atoms with Gasteiger partial charge in [-0.25, -0.2) is 0 Å². The van der Waals surface area contributed by atoms with Gasteiger partial charge in [0.25, 0.3) is 0 Å². The predicted molar refractivity (Wildman–Crippen MR) is 51.6 cm³/mol. The molecule has 0 atom stereocenters. The van der Waals surface area contributed by atoms with Gasteiger partial charge in [-0.2, -0.15) is 0 Å². The summed E-state index contributed by atoms with van der Waals surface area (Å²) < 4.78 is 0. The molecule has 12 heavy (non-hydrogen) atoms. The first-order chi connectivity index (χ1) is 5.68. The molecule has 1 aromatic heterocycles. The summed E-state index contributed by atoms with van der Waals surface area (Å²) in [4.78, 5) is 1.41. The van der Waals surface area contributed by atoms with Crippen molar-refractivity contribution in [3.05, 3.63) is 21.9 Å². The first-order valence-electron chi connectivity index (χ1n) is 4.44. The largest absolute Gasteiger partial charge is 0.390 e. The van der Waals surface area contributed by atoms with Gasteiger partial charge in [0.2, 0.25) is 0 Å². The van der Waals surface area contributed by atoms with Crippen LogP contribution in [0.1, 0.15) is 29.7 Å². The molecule has 0 spiro atoms. The second-order valence-corrected chi connectivity index (χ2v) is 4.81. The smallest absolute Gasteiger partial charge is 0.0653 e. The SMILES string of the molecule is Cc1csc(CCC2(O)CC2)c1. The van der Waals surface area contributed by atoms with E-state index in [2.05, 4.69) is 18.4 Å². The van der Waals surface area contributed by atoms with E-state index in [0.29, 0.717) is 0 Å². The van der Waals surface area contributed by atoms with Crippen LogP contribution in [0.3, 0.4) is 0 Å². The Labute approximate surface area is 77.0 Å². The van der Waals surface area contributed by atoms with Gasteiger partial charge < -0.3 is 5.11 Å². The molecule has 1 N–H and O–H groups in total. The van der Waals surface area contributed by atoms with Gasteiger partial charge in [-0.15, -0.1) is 11.3 Å². The Hall–Kier alpha value is -0.340. The Morgan fingerprint density at radius 1 is 1.58 bits per heavy atom. The fourth-order valence-electron chi connectivity index (χ4n) is 1.37. The zero-order chi connectivity index (χ0) is 8.60. The van der Waals surface area contributed by atoms with Gasteiger partial charge in [0, 0.05) is 4.88 Å². The van der Waals surface area contributed by atoms with Crippen molar-refractivity contribution >= 4 is 11.3 Å². The van der Waals surface area contributed by atoms with Crippen molar-refractivity contribution in [1.29, 1.82) is 0 Å². The fraction of sp³-hybridized carbons (Fsp3) is 0.600. The summed E-state index contributed by atoms with van der Waals surface area (Å²) in [6.45, 7) is 2.12. The van der Waals surface area contributed by atoms with E-state index in [1.807, 2.05) is 0 Å². The van der Waals surface area contributed by atoms with E-state index in [1.165, 1.54) is 10.4 Å². The van der Waals surface area contributed by atoms with Crippen molar-refractivity contribution in [3.8, 4) is 0 Å². The average Bonchev–Trinajstić information content (AvgIpc) is 2.60. The monoisotopic (exact) mass is 182 g/mol. The summed E-state index contributed by atoms with van der Waals surface area (Å²) in [6.07, 6.45) is 4.02. The molecule has 1 aromatic rings. The average molecular weight is 182 g/mol. The molecule has 0 unspecified atom stereocenters. The Morgan fingerprint density at radius 2 is 2.33 bits per heavy atom. The quantitative estimate of drug-likeness (QED) is 0.761. The molecule has 2 rings (SSSR count).